The third-order valence-electron chi connectivity index (χ3n) is 3.30. The number of anilines is 1. The van der Waals surface area contributed by atoms with Crippen molar-refractivity contribution in [1.82, 2.24) is 9.88 Å². The van der Waals surface area contributed by atoms with Crippen LogP contribution in [0.3, 0.4) is 0 Å². The highest BCUT2D eigenvalue weighted by molar-refractivity contribution is 5.37. The molecule has 1 saturated heterocycles. The molecule has 0 amide bonds. The molecule has 100 valence electrons. The lowest BCUT2D eigenvalue weighted by atomic mass is 10.1. The van der Waals surface area contributed by atoms with E-state index in [2.05, 4.69) is 48.1 Å². The van der Waals surface area contributed by atoms with Gasteiger partial charge >= 0.3 is 0 Å². The molecule has 2 atom stereocenters. The van der Waals surface area contributed by atoms with Gasteiger partial charge in [0, 0.05) is 31.9 Å². The number of rotatable bonds is 4. The molecule has 2 unspecified atom stereocenters. The number of pyridine rings is 1. The first-order valence-corrected chi connectivity index (χ1v) is 6.73. The lowest BCUT2D eigenvalue weighted by Crippen LogP contribution is -2.46. The standard InChI is InChI=1S/C14H23N3O/c1-4-15-14-7-13(5-6-16-14)9-17-8-12(3)18-10-11(17)2/h5-7,11-12H,4,8-10H2,1-3H3,(H,15,16). The van der Waals surface area contributed by atoms with Crippen LogP contribution in [0.15, 0.2) is 18.3 Å². The van der Waals surface area contributed by atoms with Crippen LogP contribution in [0.1, 0.15) is 26.3 Å². The Bertz CT molecular complexity index is 383. The normalized spacial score (nSPS) is 25.1. The summed E-state index contributed by atoms with van der Waals surface area (Å²) in [5.74, 6) is 0.962. The van der Waals surface area contributed by atoms with Crippen LogP contribution in [0.25, 0.3) is 0 Å². The molecule has 2 heterocycles. The third-order valence-corrected chi connectivity index (χ3v) is 3.30. The molecule has 4 nitrogen and oxygen atoms in total. The van der Waals surface area contributed by atoms with Gasteiger partial charge in [0.05, 0.1) is 12.7 Å². The zero-order chi connectivity index (χ0) is 13.0. The van der Waals surface area contributed by atoms with Crippen LogP contribution < -0.4 is 5.32 Å². The lowest BCUT2D eigenvalue weighted by molar-refractivity contribution is -0.0526. The van der Waals surface area contributed by atoms with Gasteiger partial charge in [0.25, 0.3) is 0 Å². The molecule has 0 radical (unpaired) electrons. The van der Waals surface area contributed by atoms with E-state index in [9.17, 15) is 0 Å². The molecule has 1 N–H and O–H groups in total. The van der Waals surface area contributed by atoms with Gasteiger partial charge in [0.15, 0.2) is 0 Å². The monoisotopic (exact) mass is 249 g/mol. The van der Waals surface area contributed by atoms with E-state index < -0.39 is 0 Å². The Morgan fingerprint density at radius 3 is 3.11 bits per heavy atom. The fourth-order valence-corrected chi connectivity index (χ4v) is 2.28. The van der Waals surface area contributed by atoms with Crippen molar-refractivity contribution in [2.75, 3.05) is 25.0 Å². The second kappa shape index (κ2) is 6.16. The Hall–Kier alpha value is -1.13. The van der Waals surface area contributed by atoms with Gasteiger partial charge in [-0.05, 0) is 38.5 Å². The van der Waals surface area contributed by atoms with Gasteiger partial charge in [-0.25, -0.2) is 4.98 Å². The molecule has 0 spiro atoms. The Balaban J connectivity index is 2.01. The number of aromatic nitrogens is 1. The molecular formula is C14H23N3O. The molecular weight excluding hydrogens is 226 g/mol. The fourth-order valence-electron chi connectivity index (χ4n) is 2.28. The maximum Gasteiger partial charge on any atom is 0.126 e. The average Bonchev–Trinajstić information content (AvgIpc) is 2.35. The van der Waals surface area contributed by atoms with Gasteiger partial charge in [0.1, 0.15) is 5.82 Å². The third kappa shape index (κ3) is 3.43. The summed E-state index contributed by atoms with van der Waals surface area (Å²) in [6, 6.07) is 4.71. The second-order valence-electron chi connectivity index (χ2n) is 5.00. The molecule has 0 aliphatic carbocycles. The topological polar surface area (TPSA) is 37.4 Å². The van der Waals surface area contributed by atoms with Gasteiger partial charge in [0.2, 0.25) is 0 Å². The number of morpholine rings is 1. The van der Waals surface area contributed by atoms with E-state index in [4.69, 9.17) is 4.74 Å². The summed E-state index contributed by atoms with van der Waals surface area (Å²) in [6.45, 7) is 10.1. The molecule has 18 heavy (non-hydrogen) atoms. The lowest BCUT2D eigenvalue weighted by Gasteiger charge is -2.36. The number of ether oxygens (including phenoxy) is 1. The Labute approximate surface area is 109 Å². The Kier molecular flexibility index (Phi) is 4.55. The maximum absolute atomic E-state index is 5.65. The van der Waals surface area contributed by atoms with E-state index in [-0.39, 0.29) is 0 Å². The van der Waals surface area contributed by atoms with Crippen LogP contribution in [0.2, 0.25) is 0 Å². The SMILES string of the molecule is CCNc1cc(CN2CC(C)OCC2C)ccn1. The Morgan fingerprint density at radius 1 is 1.50 bits per heavy atom. The van der Waals surface area contributed by atoms with Gasteiger partial charge in [-0.1, -0.05) is 0 Å². The fraction of sp³-hybridized carbons (Fsp3) is 0.643. The van der Waals surface area contributed by atoms with E-state index in [0.29, 0.717) is 12.1 Å². The zero-order valence-corrected chi connectivity index (χ0v) is 11.5. The van der Waals surface area contributed by atoms with Gasteiger partial charge in [-0.3, -0.25) is 4.90 Å². The molecule has 0 bridgehead atoms. The number of nitrogens with zero attached hydrogens (tertiary/aromatic N) is 2. The number of nitrogens with one attached hydrogen (secondary N) is 1. The summed E-state index contributed by atoms with van der Waals surface area (Å²) in [4.78, 5) is 6.77. The summed E-state index contributed by atoms with van der Waals surface area (Å²) in [5.41, 5.74) is 1.31. The van der Waals surface area contributed by atoms with Crippen LogP contribution in [-0.4, -0.2) is 41.7 Å². The first-order chi connectivity index (χ1) is 8.69. The van der Waals surface area contributed by atoms with E-state index in [1.807, 2.05) is 6.20 Å². The van der Waals surface area contributed by atoms with Crippen molar-refractivity contribution in [3.05, 3.63) is 23.9 Å². The first kappa shape index (κ1) is 13.3. The summed E-state index contributed by atoms with van der Waals surface area (Å²) >= 11 is 0. The van der Waals surface area contributed by atoms with Crippen LogP contribution in [0.4, 0.5) is 5.82 Å². The summed E-state index contributed by atoms with van der Waals surface area (Å²) < 4.78 is 5.65. The highest BCUT2D eigenvalue weighted by Crippen LogP contribution is 2.16. The number of hydrogen-bond acceptors (Lipinski definition) is 4. The number of hydrogen-bond donors (Lipinski definition) is 1. The molecule has 4 heteroatoms. The minimum atomic E-state index is 0.330. The molecule has 1 aliphatic heterocycles. The summed E-state index contributed by atoms with van der Waals surface area (Å²) in [7, 11) is 0. The predicted octanol–water partition coefficient (Wildman–Crippen LogP) is 2.12. The largest absolute Gasteiger partial charge is 0.376 e. The van der Waals surface area contributed by atoms with Crippen LogP contribution >= 0.6 is 0 Å². The van der Waals surface area contributed by atoms with Crippen molar-refractivity contribution in [2.45, 2.75) is 39.5 Å². The summed E-state index contributed by atoms with van der Waals surface area (Å²) in [6.07, 6.45) is 2.21. The van der Waals surface area contributed by atoms with E-state index in [0.717, 1.165) is 32.1 Å². The van der Waals surface area contributed by atoms with E-state index >= 15 is 0 Å². The van der Waals surface area contributed by atoms with E-state index in [1.54, 1.807) is 0 Å². The average molecular weight is 249 g/mol. The molecule has 0 aromatic carbocycles. The quantitative estimate of drug-likeness (QED) is 0.887. The van der Waals surface area contributed by atoms with Gasteiger partial charge in [-0.15, -0.1) is 0 Å². The molecule has 1 aliphatic rings. The van der Waals surface area contributed by atoms with Gasteiger partial charge < -0.3 is 10.1 Å². The van der Waals surface area contributed by atoms with Crippen molar-refractivity contribution in [3.8, 4) is 0 Å². The minimum absolute atomic E-state index is 0.330. The Morgan fingerprint density at radius 2 is 2.33 bits per heavy atom. The summed E-state index contributed by atoms with van der Waals surface area (Å²) in [5, 5.41) is 3.25. The molecule has 1 aromatic heterocycles. The van der Waals surface area contributed by atoms with Crippen molar-refractivity contribution in [1.29, 1.82) is 0 Å². The molecule has 0 saturated carbocycles. The van der Waals surface area contributed by atoms with Crippen molar-refractivity contribution in [2.24, 2.45) is 0 Å². The maximum atomic E-state index is 5.65. The molecule has 1 aromatic rings. The van der Waals surface area contributed by atoms with Crippen LogP contribution in [-0.2, 0) is 11.3 Å². The van der Waals surface area contributed by atoms with Crippen molar-refractivity contribution >= 4 is 5.82 Å². The molecule has 1 fully saturated rings. The minimum Gasteiger partial charge on any atom is -0.376 e. The zero-order valence-electron chi connectivity index (χ0n) is 11.5. The highest BCUT2D eigenvalue weighted by Gasteiger charge is 2.23. The second-order valence-corrected chi connectivity index (χ2v) is 5.00. The first-order valence-electron chi connectivity index (χ1n) is 6.73. The van der Waals surface area contributed by atoms with Crippen LogP contribution in [0, 0.1) is 0 Å². The van der Waals surface area contributed by atoms with E-state index in [1.165, 1.54) is 5.56 Å². The smallest absolute Gasteiger partial charge is 0.126 e. The highest BCUT2D eigenvalue weighted by atomic mass is 16.5. The molecule has 2 rings (SSSR count). The van der Waals surface area contributed by atoms with Gasteiger partial charge in [-0.2, -0.15) is 0 Å². The van der Waals surface area contributed by atoms with Crippen molar-refractivity contribution in [3.63, 3.8) is 0 Å². The van der Waals surface area contributed by atoms with Crippen molar-refractivity contribution < 1.29 is 4.74 Å². The predicted molar refractivity (Wildman–Crippen MR) is 73.7 cm³/mol. The van der Waals surface area contributed by atoms with Crippen LogP contribution in [0.5, 0.6) is 0 Å².